The fraction of sp³-hybridized carbons (Fsp3) is 0.700. The van der Waals surface area contributed by atoms with Gasteiger partial charge in [0.1, 0.15) is 5.75 Å². The maximum Gasteiger partial charge on any atom is 0.119 e. The van der Waals surface area contributed by atoms with E-state index in [0.717, 1.165) is 30.6 Å². The summed E-state index contributed by atoms with van der Waals surface area (Å²) in [6.45, 7) is 5.49. The Bertz CT molecular complexity index is 391. The van der Waals surface area contributed by atoms with Gasteiger partial charge in [-0.3, -0.25) is 0 Å². The minimum Gasteiger partial charge on any atom is -0.493 e. The standard InChI is InChI=1S/C20H32O/c1-3-17(2)14-19-12-9-13-20(15-19)21-16-18-10-7-5-4-6-8-11-18/h9,12-13,15,17-18H,3-8,10-11,14,16H2,1-2H3/t17-/m1/s1. The molecule has 1 saturated carbocycles. The predicted molar refractivity (Wildman–Crippen MR) is 90.9 cm³/mol. The van der Waals surface area contributed by atoms with Gasteiger partial charge in [0.25, 0.3) is 0 Å². The summed E-state index contributed by atoms with van der Waals surface area (Å²) < 4.78 is 6.10. The van der Waals surface area contributed by atoms with Crippen LogP contribution >= 0.6 is 0 Å². The summed E-state index contributed by atoms with van der Waals surface area (Å²) in [5.41, 5.74) is 1.42. The van der Waals surface area contributed by atoms with Gasteiger partial charge >= 0.3 is 0 Å². The molecule has 0 aliphatic heterocycles. The monoisotopic (exact) mass is 288 g/mol. The van der Waals surface area contributed by atoms with Crippen LogP contribution in [0.4, 0.5) is 0 Å². The topological polar surface area (TPSA) is 9.23 Å². The van der Waals surface area contributed by atoms with Crippen LogP contribution in [0.25, 0.3) is 0 Å². The summed E-state index contributed by atoms with van der Waals surface area (Å²) in [7, 11) is 0. The summed E-state index contributed by atoms with van der Waals surface area (Å²) in [4.78, 5) is 0. The number of benzene rings is 1. The number of hydrogen-bond donors (Lipinski definition) is 0. The van der Waals surface area contributed by atoms with Gasteiger partial charge < -0.3 is 4.74 Å². The summed E-state index contributed by atoms with van der Waals surface area (Å²) >= 11 is 0. The average Bonchev–Trinajstić information content (AvgIpc) is 2.46. The van der Waals surface area contributed by atoms with Gasteiger partial charge in [0, 0.05) is 0 Å². The summed E-state index contributed by atoms with van der Waals surface area (Å²) in [5.74, 6) is 2.59. The molecular formula is C20H32O. The smallest absolute Gasteiger partial charge is 0.119 e. The molecule has 0 unspecified atom stereocenters. The van der Waals surface area contributed by atoms with Gasteiger partial charge in [-0.25, -0.2) is 0 Å². The van der Waals surface area contributed by atoms with E-state index < -0.39 is 0 Å². The van der Waals surface area contributed by atoms with Gasteiger partial charge in [0.2, 0.25) is 0 Å². The molecule has 1 aliphatic carbocycles. The van der Waals surface area contributed by atoms with Crippen LogP contribution in [0.15, 0.2) is 24.3 Å². The first-order valence-electron chi connectivity index (χ1n) is 8.99. The van der Waals surface area contributed by atoms with Crippen molar-refractivity contribution in [3.63, 3.8) is 0 Å². The van der Waals surface area contributed by atoms with Gasteiger partial charge in [-0.2, -0.15) is 0 Å². The third-order valence-electron chi connectivity index (χ3n) is 4.89. The van der Waals surface area contributed by atoms with E-state index in [0.29, 0.717) is 0 Å². The van der Waals surface area contributed by atoms with Gasteiger partial charge in [0.15, 0.2) is 0 Å². The van der Waals surface area contributed by atoms with E-state index in [1.165, 1.54) is 56.9 Å². The highest BCUT2D eigenvalue weighted by Crippen LogP contribution is 2.24. The first kappa shape index (κ1) is 16.4. The van der Waals surface area contributed by atoms with Crippen molar-refractivity contribution in [2.75, 3.05) is 6.61 Å². The van der Waals surface area contributed by atoms with Crippen LogP contribution in [0.2, 0.25) is 0 Å². The van der Waals surface area contributed by atoms with Crippen LogP contribution < -0.4 is 4.74 Å². The zero-order chi connectivity index (χ0) is 14.9. The SMILES string of the molecule is CC[C@@H](C)Cc1cccc(OCC2CCCCCCC2)c1. The van der Waals surface area contributed by atoms with Crippen molar-refractivity contribution >= 4 is 0 Å². The fourth-order valence-corrected chi connectivity index (χ4v) is 3.23. The van der Waals surface area contributed by atoms with Crippen molar-refractivity contribution in [2.45, 2.75) is 71.6 Å². The highest BCUT2D eigenvalue weighted by atomic mass is 16.5. The van der Waals surface area contributed by atoms with Crippen molar-refractivity contribution in [1.29, 1.82) is 0 Å². The molecule has 0 N–H and O–H groups in total. The van der Waals surface area contributed by atoms with Crippen LogP contribution in [-0.4, -0.2) is 6.61 Å². The predicted octanol–water partition coefficient (Wildman–Crippen LogP) is 6.01. The molecule has 1 atom stereocenters. The first-order valence-corrected chi connectivity index (χ1v) is 8.99. The molecular weight excluding hydrogens is 256 g/mol. The van der Waals surface area contributed by atoms with Crippen molar-refractivity contribution in [3.8, 4) is 5.75 Å². The Kier molecular flexibility index (Phi) is 7.12. The van der Waals surface area contributed by atoms with Gasteiger partial charge in [-0.05, 0) is 48.8 Å². The molecule has 0 amide bonds. The highest BCUT2D eigenvalue weighted by molar-refractivity contribution is 5.28. The number of hydrogen-bond acceptors (Lipinski definition) is 1. The van der Waals surface area contributed by atoms with E-state index in [9.17, 15) is 0 Å². The van der Waals surface area contributed by atoms with E-state index in [4.69, 9.17) is 4.74 Å². The van der Waals surface area contributed by atoms with Crippen molar-refractivity contribution < 1.29 is 4.74 Å². The van der Waals surface area contributed by atoms with E-state index in [2.05, 4.69) is 38.1 Å². The van der Waals surface area contributed by atoms with Crippen molar-refractivity contribution in [3.05, 3.63) is 29.8 Å². The van der Waals surface area contributed by atoms with Crippen LogP contribution in [0.5, 0.6) is 5.75 Å². The largest absolute Gasteiger partial charge is 0.493 e. The molecule has 1 aliphatic rings. The Morgan fingerprint density at radius 1 is 1.10 bits per heavy atom. The lowest BCUT2D eigenvalue weighted by molar-refractivity contribution is 0.218. The first-order chi connectivity index (χ1) is 10.3. The van der Waals surface area contributed by atoms with Crippen molar-refractivity contribution in [1.82, 2.24) is 0 Å². The Morgan fingerprint density at radius 2 is 1.81 bits per heavy atom. The molecule has 0 bridgehead atoms. The average molecular weight is 288 g/mol. The Labute approximate surface area is 131 Å². The molecule has 21 heavy (non-hydrogen) atoms. The Morgan fingerprint density at radius 3 is 2.52 bits per heavy atom. The van der Waals surface area contributed by atoms with E-state index >= 15 is 0 Å². The molecule has 0 heterocycles. The molecule has 118 valence electrons. The van der Waals surface area contributed by atoms with E-state index in [1.807, 2.05) is 0 Å². The molecule has 1 aromatic carbocycles. The highest BCUT2D eigenvalue weighted by Gasteiger charge is 2.12. The Balaban J connectivity index is 1.82. The van der Waals surface area contributed by atoms with Crippen LogP contribution in [-0.2, 0) is 6.42 Å². The lowest BCUT2D eigenvalue weighted by Gasteiger charge is -2.20. The third kappa shape index (κ3) is 6.11. The maximum absolute atomic E-state index is 6.10. The molecule has 0 radical (unpaired) electrons. The lowest BCUT2D eigenvalue weighted by atomic mass is 9.92. The molecule has 1 fully saturated rings. The number of ether oxygens (including phenoxy) is 1. The van der Waals surface area contributed by atoms with Crippen LogP contribution in [0.1, 0.15) is 70.8 Å². The molecule has 1 heteroatoms. The van der Waals surface area contributed by atoms with E-state index in [1.54, 1.807) is 0 Å². The van der Waals surface area contributed by atoms with Crippen LogP contribution in [0.3, 0.4) is 0 Å². The molecule has 2 rings (SSSR count). The quantitative estimate of drug-likeness (QED) is 0.622. The molecule has 0 saturated heterocycles. The zero-order valence-electron chi connectivity index (χ0n) is 13.9. The van der Waals surface area contributed by atoms with Crippen molar-refractivity contribution in [2.24, 2.45) is 11.8 Å². The number of rotatable bonds is 6. The molecule has 1 nitrogen and oxygen atoms in total. The summed E-state index contributed by atoms with van der Waals surface area (Å²) in [6.07, 6.45) is 12.2. The molecule has 0 spiro atoms. The maximum atomic E-state index is 6.10. The van der Waals surface area contributed by atoms with Gasteiger partial charge in [-0.1, -0.05) is 64.5 Å². The molecule has 1 aromatic rings. The van der Waals surface area contributed by atoms with Gasteiger partial charge in [0.05, 0.1) is 6.61 Å². The molecule has 0 aromatic heterocycles. The fourth-order valence-electron chi connectivity index (χ4n) is 3.23. The van der Waals surface area contributed by atoms with E-state index in [-0.39, 0.29) is 0 Å². The Hall–Kier alpha value is -0.980. The normalized spacial score (nSPS) is 18.8. The lowest BCUT2D eigenvalue weighted by Crippen LogP contribution is -2.13. The third-order valence-corrected chi connectivity index (χ3v) is 4.89. The zero-order valence-corrected chi connectivity index (χ0v) is 13.9. The second kappa shape index (κ2) is 9.12. The minimum absolute atomic E-state index is 0.755. The van der Waals surface area contributed by atoms with Crippen LogP contribution in [0, 0.1) is 11.8 Å². The second-order valence-corrected chi connectivity index (χ2v) is 6.89. The second-order valence-electron chi connectivity index (χ2n) is 6.89. The summed E-state index contributed by atoms with van der Waals surface area (Å²) in [5, 5.41) is 0. The summed E-state index contributed by atoms with van der Waals surface area (Å²) in [6, 6.07) is 8.73. The minimum atomic E-state index is 0.755. The van der Waals surface area contributed by atoms with Gasteiger partial charge in [-0.15, -0.1) is 0 Å².